The van der Waals surface area contributed by atoms with Crippen LogP contribution in [0.4, 0.5) is 22.9 Å². The lowest BCUT2D eigenvalue weighted by Crippen LogP contribution is -2.46. The van der Waals surface area contributed by atoms with Crippen LogP contribution in [0, 0.1) is 6.92 Å². The Morgan fingerprint density at radius 1 is 0.875 bits per heavy atom. The Morgan fingerprint density at radius 2 is 1.70 bits per heavy atom. The summed E-state index contributed by atoms with van der Waals surface area (Å²) in [5, 5.41) is 10.6. The van der Waals surface area contributed by atoms with Crippen LogP contribution in [0.25, 0.3) is 5.69 Å². The topological polar surface area (TPSA) is 76.3 Å². The van der Waals surface area contributed by atoms with Crippen molar-refractivity contribution in [2.45, 2.75) is 13.0 Å². The smallest absolute Gasteiger partial charge is 0.179 e. The minimum absolute atomic E-state index is 0.133. The van der Waals surface area contributed by atoms with Crippen LogP contribution in [-0.4, -0.2) is 35.7 Å². The van der Waals surface area contributed by atoms with Gasteiger partial charge in [0.1, 0.15) is 17.5 Å². The molecule has 40 heavy (non-hydrogen) atoms. The average molecular weight is 547 g/mol. The van der Waals surface area contributed by atoms with Crippen LogP contribution in [0.3, 0.4) is 0 Å². The molecule has 0 aliphatic carbocycles. The molecule has 0 saturated heterocycles. The van der Waals surface area contributed by atoms with Crippen LogP contribution in [0.15, 0.2) is 100 Å². The van der Waals surface area contributed by atoms with Crippen LogP contribution in [0.1, 0.15) is 22.2 Å². The molecule has 0 unspecified atom stereocenters. The molecule has 4 heterocycles. The number of para-hydroxylation sites is 3. The number of hydrogen-bond donors (Lipinski definition) is 1. The summed E-state index contributed by atoms with van der Waals surface area (Å²) in [6.45, 7) is 2.06. The van der Waals surface area contributed by atoms with Crippen molar-refractivity contribution < 1.29 is 9.47 Å². The second-order valence-corrected chi connectivity index (χ2v) is 10.4. The lowest BCUT2D eigenvalue weighted by molar-refractivity contribution is 0.395. The van der Waals surface area contributed by atoms with Crippen molar-refractivity contribution in [3.05, 3.63) is 106 Å². The molecule has 2 aromatic heterocycles. The molecular formula is C31H26N6O2S. The van der Waals surface area contributed by atoms with Crippen molar-refractivity contribution in [3.63, 3.8) is 0 Å². The molecule has 0 bridgehead atoms. The highest BCUT2D eigenvalue weighted by molar-refractivity contribution is 7.10. The fourth-order valence-corrected chi connectivity index (χ4v) is 6.12. The molecule has 8 nitrogen and oxygen atoms in total. The maximum Gasteiger partial charge on any atom is 0.179 e. The van der Waals surface area contributed by atoms with E-state index in [4.69, 9.17) is 24.6 Å². The molecule has 198 valence electrons. The van der Waals surface area contributed by atoms with Crippen molar-refractivity contribution >= 4 is 45.9 Å². The van der Waals surface area contributed by atoms with Crippen molar-refractivity contribution in [3.8, 4) is 17.2 Å². The summed E-state index contributed by atoms with van der Waals surface area (Å²) < 4.78 is 13.0. The molecule has 0 radical (unpaired) electrons. The third-order valence-electron chi connectivity index (χ3n) is 7.11. The van der Waals surface area contributed by atoms with Crippen molar-refractivity contribution in [1.29, 1.82) is 0 Å². The maximum atomic E-state index is 5.69. The Morgan fingerprint density at radius 3 is 2.48 bits per heavy atom. The number of ether oxygens (including phenoxy) is 2. The van der Waals surface area contributed by atoms with E-state index in [9.17, 15) is 0 Å². The minimum Gasteiger partial charge on any atom is -0.497 e. The molecule has 7 rings (SSSR count). The van der Waals surface area contributed by atoms with Gasteiger partial charge in [-0.05, 0) is 54.8 Å². The number of methoxy groups -OCH3 is 2. The van der Waals surface area contributed by atoms with Gasteiger partial charge in [0.2, 0.25) is 0 Å². The zero-order chi connectivity index (χ0) is 27.2. The van der Waals surface area contributed by atoms with Crippen LogP contribution >= 0.6 is 11.3 Å². The Kier molecular flexibility index (Phi) is 5.86. The Bertz CT molecular complexity index is 1780. The highest BCUT2D eigenvalue weighted by Gasteiger charge is 2.42. The van der Waals surface area contributed by atoms with E-state index >= 15 is 0 Å². The van der Waals surface area contributed by atoms with Gasteiger partial charge in [-0.2, -0.15) is 5.10 Å². The first-order valence-corrected chi connectivity index (χ1v) is 13.8. The number of nitrogens with zero attached hydrogens (tertiary/aromatic N) is 5. The number of aliphatic imine (C=N–C) groups is 2. The number of aromatic nitrogens is 2. The molecule has 9 heteroatoms. The van der Waals surface area contributed by atoms with Gasteiger partial charge in [0.15, 0.2) is 17.5 Å². The molecule has 0 spiro atoms. The standard InChI is InChI=1S/C31H26N6O2S/c1-19-27-28(26-14-9-17-40-26)36-24-13-8-7-12-22(24)32-29(33-23-16-15-21(38-2)18-25(23)39-3)31(36)34-30(27)37(35-19)20-10-5-4-6-11-20/h4-18,28H,1-3H3,(H,32,33)/t28-/m0/s1. The number of nitrogens with one attached hydrogen (secondary N) is 1. The van der Waals surface area contributed by atoms with Crippen LogP contribution < -0.4 is 19.7 Å². The normalized spacial score (nSPS) is 15.4. The Balaban J connectivity index is 1.47. The van der Waals surface area contributed by atoms with Gasteiger partial charge < -0.3 is 19.7 Å². The molecule has 0 amide bonds. The SMILES string of the molecule is COc1ccc(NC2=Nc3ccccc3N3C2=Nc2c(c(C)nn2-c2ccccc2)[C@@H]3c2cccs2)c(OC)c1. The van der Waals surface area contributed by atoms with E-state index in [2.05, 4.69) is 40.7 Å². The molecule has 3 aromatic carbocycles. The summed E-state index contributed by atoms with van der Waals surface area (Å²) in [5.74, 6) is 3.47. The first-order valence-electron chi connectivity index (χ1n) is 12.9. The number of rotatable bonds is 5. The van der Waals surface area contributed by atoms with Crippen molar-refractivity contribution in [2.75, 3.05) is 24.4 Å². The zero-order valence-corrected chi connectivity index (χ0v) is 23.0. The van der Waals surface area contributed by atoms with Crippen LogP contribution in [0.2, 0.25) is 0 Å². The van der Waals surface area contributed by atoms with E-state index in [1.165, 1.54) is 4.88 Å². The molecule has 5 aromatic rings. The van der Waals surface area contributed by atoms with Gasteiger partial charge in [-0.3, -0.25) is 0 Å². The number of anilines is 2. The van der Waals surface area contributed by atoms with Gasteiger partial charge in [0.05, 0.1) is 42.7 Å². The van der Waals surface area contributed by atoms with Gasteiger partial charge in [-0.25, -0.2) is 14.7 Å². The summed E-state index contributed by atoms with van der Waals surface area (Å²) in [6.07, 6.45) is 0. The van der Waals surface area contributed by atoms with Crippen molar-refractivity contribution in [2.24, 2.45) is 9.98 Å². The summed E-state index contributed by atoms with van der Waals surface area (Å²) >= 11 is 1.72. The van der Waals surface area contributed by atoms with Crippen molar-refractivity contribution in [1.82, 2.24) is 9.78 Å². The molecule has 0 saturated carbocycles. The fourth-order valence-electron chi connectivity index (χ4n) is 5.29. The fraction of sp³-hybridized carbons (Fsp3) is 0.129. The molecule has 2 aliphatic rings. The van der Waals surface area contributed by atoms with E-state index < -0.39 is 0 Å². The van der Waals surface area contributed by atoms with E-state index in [1.807, 2.05) is 71.4 Å². The Labute approximate surface area is 235 Å². The minimum atomic E-state index is -0.133. The van der Waals surface area contributed by atoms with E-state index in [0.29, 0.717) is 23.2 Å². The molecule has 0 fully saturated rings. The average Bonchev–Trinajstić information content (AvgIpc) is 3.65. The van der Waals surface area contributed by atoms with E-state index in [1.54, 1.807) is 25.6 Å². The monoisotopic (exact) mass is 546 g/mol. The number of fused-ring (bicyclic) bond motifs is 4. The summed E-state index contributed by atoms with van der Waals surface area (Å²) in [5.41, 5.74) is 5.57. The second-order valence-electron chi connectivity index (χ2n) is 9.43. The predicted octanol–water partition coefficient (Wildman–Crippen LogP) is 7.05. The highest BCUT2D eigenvalue weighted by Crippen LogP contribution is 2.49. The van der Waals surface area contributed by atoms with Gasteiger partial charge in [-0.15, -0.1) is 11.3 Å². The highest BCUT2D eigenvalue weighted by atomic mass is 32.1. The molecule has 1 N–H and O–H groups in total. The summed E-state index contributed by atoms with van der Waals surface area (Å²) in [7, 11) is 3.28. The third kappa shape index (κ3) is 3.85. The number of hydrogen-bond acceptors (Lipinski definition) is 8. The number of amidine groups is 2. The van der Waals surface area contributed by atoms with Gasteiger partial charge in [0, 0.05) is 16.5 Å². The molecule has 2 aliphatic heterocycles. The zero-order valence-electron chi connectivity index (χ0n) is 22.2. The first kappa shape index (κ1) is 24.2. The van der Waals surface area contributed by atoms with E-state index in [-0.39, 0.29) is 6.04 Å². The third-order valence-corrected chi connectivity index (χ3v) is 8.04. The summed E-state index contributed by atoms with van der Waals surface area (Å²) in [4.78, 5) is 13.8. The van der Waals surface area contributed by atoms with Crippen LogP contribution in [-0.2, 0) is 0 Å². The predicted molar refractivity (Wildman–Crippen MR) is 161 cm³/mol. The summed E-state index contributed by atoms with van der Waals surface area (Å²) in [6, 6.07) is 28.1. The largest absolute Gasteiger partial charge is 0.497 e. The van der Waals surface area contributed by atoms with Gasteiger partial charge in [-0.1, -0.05) is 36.4 Å². The van der Waals surface area contributed by atoms with Gasteiger partial charge >= 0.3 is 0 Å². The number of thiophene rings is 1. The van der Waals surface area contributed by atoms with Crippen LogP contribution in [0.5, 0.6) is 11.5 Å². The molecular weight excluding hydrogens is 520 g/mol. The first-order chi connectivity index (χ1) is 19.7. The van der Waals surface area contributed by atoms with Gasteiger partial charge in [0.25, 0.3) is 0 Å². The lowest BCUT2D eigenvalue weighted by Gasteiger charge is -2.40. The Hall–Kier alpha value is -4.89. The number of benzene rings is 3. The van der Waals surface area contributed by atoms with E-state index in [0.717, 1.165) is 39.8 Å². The second kappa shape index (κ2) is 9.69. The maximum absolute atomic E-state index is 5.69. The molecule has 1 atom stereocenters. The lowest BCUT2D eigenvalue weighted by atomic mass is 9.98. The number of aryl methyl sites for hydroxylation is 1. The quantitative estimate of drug-likeness (QED) is 0.256.